The summed E-state index contributed by atoms with van der Waals surface area (Å²) >= 11 is 0. The van der Waals surface area contributed by atoms with Gasteiger partial charge in [-0.25, -0.2) is 4.79 Å². The van der Waals surface area contributed by atoms with Crippen molar-refractivity contribution in [3.05, 3.63) is 0 Å². The minimum atomic E-state index is -1.18. The lowest BCUT2D eigenvalue weighted by Crippen LogP contribution is -2.45. The lowest BCUT2D eigenvalue weighted by Gasteiger charge is -2.14. The summed E-state index contributed by atoms with van der Waals surface area (Å²) in [6, 6.07) is -0.946. The van der Waals surface area contributed by atoms with Crippen molar-refractivity contribution in [2.24, 2.45) is 5.73 Å². The monoisotopic (exact) mass is 245 g/mol. The molecule has 0 rings (SSSR count). The zero-order valence-electron chi connectivity index (χ0n) is 10.0. The normalized spacial score (nSPS) is 12.2. The predicted octanol–water partition coefficient (Wildman–Crippen LogP) is -1.18. The Kier molecular flexibility index (Phi) is 6.88. The van der Waals surface area contributed by atoms with Gasteiger partial charge >= 0.3 is 5.97 Å². The van der Waals surface area contributed by atoms with E-state index in [1.807, 2.05) is 13.8 Å². The van der Waals surface area contributed by atoms with Crippen molar-refractivity contribution in [1.82, 2.24) is 10.6 Å². The molecule has 2 amide bonds. The second-order valence-corrected chi connectivity index (χ2v) is 4.00. The van der Waals surface area contributed by atoms with Crippen LogP contribution in [0.4, 0.5) is 0 Å². The number of aliphatic carboxylic acids is 1. The summed E-state index contributed by atoms with van der Waals surface area (Å²) < 4.78 is 0. The fourth-order valence-electron chi connectivity index (χ4n) is 1.09. The Bertz CT molecular complexity index is 291. The summed E-state index contributed by atoms with van der Waals surface area (Å²) in [6.45, 7) is 3.78. The quantitative estimate of drug-likeness (QED) is 0.429. The molecular formula is C10H19N3O4. The first-order valence-corrected chi connectivity index (χ1v) is 5.36. The SMILES string of the molecule is CC(C)NCC(=O)N[C@H](CCC(N)=O)C(=O)O. The van der Waals surface area contributed by atoms with Gasteiger partial charge in [0.25, 0.3) is 0 Å². The third kappa shape index (κ3) is 8.21. The van der Waals surface area contributed by atoms with Crippen LogP contribution in [-0.4, -0.2) is 41.5 Å². The standard InChI is InChI=1S/C10H19N3O4/c1-6(2)12-5-9(15)13-7(10(16)17)3-4-8(11)14/h6-7,12H,3-5H2,1-2H3,(H2,11,14)(H,13,15)(H,16,17)/t7-/m1/s1. The summed E-state index contributed by atoms with van der Waals surface area (Å²) in [5.41, 5.74) is 4.91. The molecule has 0 aromatic carbocycles. The zero-order valence-corrected chi connectivity index (χ0v) is 10.0. The zero-order chi connectivity index (χ0) is 13.4. The minimum absolute atomic E-state index is 0.00190. The van der Waals surface area contributed by atoms with E-state index in [2.05, 4.69) is 10.6 Å². The van der Waals surface area contributed by atoms with Crippen LogP contribution < -0.4 is 16.4 Å². The molecule has 0 aliphatic rings. The molecule has 0 unspecified atom stereocenters. The fraction of sp³-hybridized carbons (Fsp3) is 0.700. The number of primary amides is 1. The maximum Gasteiger partial charge on any atom is 0.326 e. The molecule has 0 saturated heterocycles. The van der Waals surface area contributed by atoms with Crippen molar-refractivity contribution in [1.29, 1.82) is 0 Å². The number of carboxylic acid groups (broad SMARTS) is 1. The van der Waals surface area contributed by atoms with E-state index in [4.69, 9.17) is 10.8 Å². The first kappa shape index (κ1) is 15.4. The van der Waals surface area contributed by atoms with Crippen molar-refractivity contribution in [2.75, 3.05) is 6.54 Å². The van der Waals surface area contributed by atoms with Crippen molar-refractivity contribution in [2.45, 2.75) is 38.8 Å². The molecule has 0 radical (unpaired) electrons. The topological polar surface area (TPSA) is 122 Å². The van der Waals surface area contributed by atoms with Crippen LogP contribution in [0.5, 0.6) is 0 Å². The van der Waals surface area contributed by atoms with Crippen molar-refractivity contribution in [3.63, 3.8) is 0 Å². The van der Waals surface area contributed by atoms with Crippen LogP contribution in [0.3, 0.4) is 0 Å². The summed E-state index contributed by atoms with van der Waals surface area (Å²) in [7, 11) is 0. The van der Waals surface area contributed by atoms with Gasteiger partial charge in [-0.3, -0.25) is 9.59 Å². The van der Waals surface area contributed by atoms with Crippen LogP contribution in [0.1, 0.15) is 26.7 Å². The average molecular weight is 245 g/mol. The van der Waals surface area contributed by atoms with Crippen LogP contribution >= 0.6 is 0 Å². The Morgan fingerprint density at radius 3 is 2.29 bits per heavy atom. The van der Waals surface area contributed by atoms with Crippen LogP contribution in [0.25, 0.3) is 0 Å². The Morgan fingerprint density at radius 1 is 1.29 bits per heavy atom. The molecule has 0 aromatic rings. The molecule has 0 spiro atoms. The van der Waals surface area contributed by atoms with Crippen molar-refractivity contribution < 1.29 is 19.5 Å². The van der Waals surface area contributed by atoms with Gasteiger partial charge in [0, 0.05) is 12.5 Å². The van der Waals surface area contributed by atoms with E-state index in [1.54, 1.807) is 0 Å². The smallest absolute Gasteiger partial charge is 0.326 e. The molecule has 0 bridgehead atoms. The van der Waals surface area contributed by atoms with Crippen LogP contribution in [0.15, 0.2) is 0 Å². The molecule has 7 heteroatoms. The lowest BCUT2D eigenvalue weighted by molar-refractivity contribution is -0.142. The van der Waals surface area contributed by atoms with Gasteiger partial charge in [-0.1, -0.05) is 13.8 Å². The minimum Gasteiger partial charge on any atom is -0.480 e. The van der Waals surface area contributed by atoms with E-state index < -0.39 is 23.8 Å². The van der Waals surface area contributed by atoms with Crippen molar-refractivity contribution >= 4 is 17.8 Å². The molecule has 17 heavy (non-hydrogen) atoms. The first-order valence-electron chi connectivity index (χ1n) is 5.36. The number of hydrogen-bond donors (Lipinski definition) is 4. The van der Waals surface area contributed by atoms with Gasteiger partial charge in [-0.05, 0) is 6.42 Å². The van der Waals surface area contributed by atoms with Crippen LogP contribution in [-0.2, 0) is 14.4 Å². The number of carbonyl (C=O) groups excluding carboxylic acids is 2. The van der Waals surface area contributed by atoms with Gasteiger partial charge < -0.3 is 21.5 Å². The van der Waals surface area contributed by atoms with Gasteiger partial charge in [-0.2, -0.15) is 0 Å². The molecule has 0 fully saturated rings. The predicted molar refractivity (Wildman–Crippen MR) is 61.1 cm³/mol. The highest BCUT2D eigenvalue weighted by Gasteiger charge is 2.20. The van der Waals surface area contributed by atoms with Crippen molar-refractivity contribution in [3.8, 4) is 0 Å². The Labute approximate surface area is 99.7 Å². The number of rotatable bonds is 8. The molecular weight excluding hydrogens is 226 g/mol. The number of amides is 2. The lowest BCUT2D eigenvalue weighted by atomic mass is 10.1. The molecule has 1 atom stereocenters. The summed E-state index contributed by atoms with van der Waals surface area (Å²) in [4.78, 5) is 32.7. The molecule has 0 aliphatic carbocycles. The van der Waals surface area contributed by atoms with Gasteiger partial charge in [-0.15, -0.1) is 0 Å². The Hall–Kier alpha value is -1.63. The second-order valence-electron chi connectivity index (χ2n) is 4.00. The number of carbonyl (C=O) groups is 3. The van der Waals surface area contributed by atoms with Crippen LogP contribution in [0, 0.1) is 0 Å². The summed E-state index contributed by atoms with van der Waals surface area (Å²) in [5, 5.41) is 14.0. The number of nitrogens with one attached hydrogen (secondary N) is 2. The molecule has 0 heterocycles. The average Bonchev–Trinajstić information content (AvgIpc) is 2.20. The molecule has 0 aliphatic heterocycles. The summed E-state index contributed by atoms with van der Waals surface area (Å²) in [6.07, 6.45) is -0.0764. The Balaban J connectivity index is 4.11. The van der Waals surface area contributed by atoms with E-state index in [9.17, 15) is 14.4 Å². The van der Waals surface area contributed by atoms with E-state index in [1.165, 1.54) is 0 Å². The number of hydrogen-bond acceptors (Lipinski definition) is 4. The first-order chi connectivity index (χ1) is 7.82. The van der Waals surface area contributed by atoms with E-state index >= 15 is 0 Å². The highest BCUT2D eigenvalue weighted by molar-refractivity contribution is 5.85. The third-order valence-electron chi connectivity index (χ3n) is 1.98. The largest absolute Gasteiger partial charge is 0.480 e. The molecule has 98 valence electrons. The Morgan fingerprint density at radius 2 is 1.88 bits per heavy atom. The van der Waals surface area contributed by atoms with Gasteiger partial charge in [0.2, 0.25) is 11.8 Å². The molecule has 0 saturated carbocycles. The number of carboxylic acids is 1. The maximum absolute atomic E-state index is 11.4. The summed E-state index contributed by atoms with van der Waals surface area (Å²) in [5.74, 6) is -2.19. The van der Waals surface area contributed by atoms with E-state index in [0.29, 0.717) is 0 Å². The van der Waals surface area contributed by atoms with Gasteiger partial charge in [0.15, 0.2) is 0 Å². The van der Waals surface area contributed by atoms with Crippen LogP contribution in [0.2, 0.25) is 0 Å². The number of nitrogens with two attached hydrogens (primary N) is 1. The molecule has 5 N–H and O–H groups in total. The van der Waals surface area contributed by atoms with Gasteiger partial charge in [0.05, 0.1) is 6.54 Å². The van der Waals surface area contributed by atoms with Gasteiger partial charge in [0.1, 0.15) is 6.04 Å². The molecule has 7 nitrogen and oxygen atoms in total. The fourth-order valence-corrected chi connectivity index (χ4v) is 1.09. The highest BCUT2D eigenvalue weighted by Crippen LogP contribution is 1.97. The maximum atomic E-state index is 11.4. The third-order valence-corrected chi connectivity index (χ3v) is 1.98. The highest BCUT2D eigenvalue weighted by atomic mass is 16.4. The second kappa shape index (κ2) is 7.61. The molecule has 0 aromatic heterocycles. The van der Waals surface area contributed by atoms with E-state index in [0.717, 1.165) is 0 Å². The van der Waals surface area contributed by atoms with E-state index in [-0.39, 0.29) is 25.4 Å².